The fraction of sp³-hybridized carbons (Fsp3) is 0.120. The first-order valence-corrected chi connectivity index (χ1v) is 10.6. The predicted molar refractivity (Wildman–Crippen MR) is 121 cm³/mol. The highest BCUT2D eigenvalue weighted by molar-refractivity contribution is 9.10. The van der Waals surface area contributed by atoms with Crippen LogP contribution in [0.5, 0.6) is 0 Å². The number of rotatable bonds is 2. The molecule has 4 aromatic rings. The van der Waals surface area contributed by atoms with E-state index in [0.29, 0.717) is 22.2 Å². The highest BCUT2D eigenvalue weighted by Crippen LogP contribution is 2.41. The van der Waals surface area contributed by atoms with Gasteiger partial charge < -0.3 is 4.42 Å². The minimum atomic E-state index is -0.716. The van der Waals surface area contributed by atoms with Gasteiger partial charge in [-0.05, 0) is 79.1 Å². The van der Waals surface area contributed by atoms with E-state index in [1.807, 2.05) is 26.0 Å². The highest BCUT2D eigenvalue weighted by atomic mass is 79.9. The Morgan fingerprint density at radius 1 is 0.935 bits per heavy atom. The lowest BCUT2D eigenvalue weighted by Crippen LogP contribution is -2.29. The third kappa shape index (κ3) is 3.10. The van der Waals surface area contributed by atoms with Crippen LogP contribution in [0.2, 0.25) is 0 Å². The fourth-order valence-corrected chi connectivity index (χ4v) is 4.32. The molecule has 0 N–H and O–H groups in total. The van der Waals surface area contributed by atoms with Gasteiger partial charge in [0.15, 0.2) is 5.43 Å². The molecule has 0 aliphatic carbocycles. The molecule has 1 atom stereocenters. The molecule has 1 aliphatic heterocycles. The third-order valence-corrected chi connectivity index (χ3v) is 6.31. The lowest BCUT2D eigenvalue weighted by atomic mass is 9.97. The molecule has 6 heteroatoms. The second-order valence-corrected chi connectivity index (χ2v) is 8.63. The van der Waals surface area contributed by atoms with Crippen molar-refractivity contribution in [1.29, 1.82) is 0 Å². The zero-order valence-electron chi connectivity index (χ0n) is 16.8. The molecule has 0 bridgehead atoms. The van der Waals surface area contributed by atoms with Gasteiger partial charge in [-0.3, -0.25) is 14.5 Å². The van der Waals surface area contributed by atoms with Crippen LogP contribution in [-0.4, -0.2) is 5.91 Å². The summed E-state index contributed by atoms with van der Waals surface area (Å²) < 4.78 is 20.5. The number of benzene rings is 3. The molecule has 0 saturated heterocycles. The van der Waals surface area contributed by atoms with Gasteiger partial charge in [-0.2, -0.15) is 0 Å². The molecule has 1 aromatic heterocycles. The molecule has 31 heavy (non-hydrogen) atoms. The van der Waals surface area contributed by atoms with Crippen LogP contribution in [0, 0.1) is 19.7 Å². The first-order chi connectivity index (χ1) is 14.8. The van der Waals surface area contributed by atoms with Crippen LogP contribution < -0.4 is 10.3 Å². The molecule has 0 saturated carbocycles. The van der Waals surface area contributed by atoms with E-state index in [1.54, 1.807) is 36.4 Å². The zero-order valence-corrected chi connectivity index (χ0v) is 18.4. The van der Waals surface area contributed by atoms with Gasteiger partial charge in [-0.25, -0.2) is 4.39 Å². The average molecular weight is 478 g/mol. The molecule has 1 amide bonds. The predicted octanol–water partition coefficient (Wildman–Crippen LogP) is 6.06. The minimum absolute atomic E-state index is 0.0259. The molecule has 2 heterocycles. The second kappa shape index (κ2) is 7.17. The topological polar surface area (TPSA) is 50.5 Å². The van der Waals surface area contributed by atoms with Crippen molar-refractivity contribution in [2.45, 2.75) is 19.9 Å². The molecule has 0 fully saturated rings. The number of carbonyl (C=O) groups is 1. The van der Waals surface area contributed by atoms with Crippen molar-refractivity contribution in [3.05, 3.63) is 109 Å². The molecular weight excluding hydrogens is 461 g/mol. The Balaban J connectivity index is 1.82. The van der Waals surface area contributed by atoms with Gasteiger partial charge in [-0.15, -0.1) is 0 Å². The van der Waals surface area contributed by atoms with Crippen LogP contribution in [0.25, 0.3) is 11.0 Å². The molecule has 5 rings (SSSR count). The van der Waals surface area contributed by atoms with Gasteiger partial charge in [0.05, 0.1) is 17.0 Å². The fourth-order valence-electron chi connectivity index (χ4n) is 4.06. The molecule has 0 spiro atoms. The monoisotopic (exact) mass is 477 g/mol. The molecule has 0 radical (unpaired) electrons. The van der Waals surface area contributed by atoms with Crippen molar-refractivity contribution >= 4 is 38.5 Å². The summed E-state index contributed by atoms with van der Waals surface area (Å²) in [6.07, 6.45) is 0. The maximum atomic E-state index is 13.6. The van der Waals surface area contributed by atoms with Crippen LogP contribution in [0.1, 0.15) is 38.9 Å². The summed E-state index contributed by atoms with van der Waals surface area (Å²) >= 11 is 3.41. The lowest BCUT2D eigenvalue weighted by molar-refractivity contribution is 0.0971. The molecule has 1 unspecified atom stereocenters. The van der Waals surface area contributed by atoms with E-state index in [-0.39, 0.29) is 22.6 Å². The maximum Gasteiger partial charge on any atom is 0.295 e. The quantitative estimate of drug-likeness (QED) is 0.352. The SMILES string of the molecule is Cc1cc2oc3c(c(=O)c2cc1C)C(c1ccc(F)cc1)N(c1ccc(Br)cc1)C3=O. The first-order valence-electron chi connectivity index (χ1n) is 9.77. The van der Waals surface area contributed by atoms with Gasteiger partial charge in [-0.1, -0.05) is 28.1 Å². The summed E-state index contributed by atoms with van der Waals surface area (Å²) in [6.45, 7) is 3.86. The number of nitrogens with zero attached hydrogens (tertiary/aromatic N) is 1. The highest BCUT2D eigenvalue weighted by Gasteiger charge is 2.43. The van der Waals surface area contributed by atoms with Gasteiger partial charge >= 0.3 is 0 Å². The molecule has 154 valence electrons. The Hall–Kier alpha value is -3.25. The van der Waals surface area contributed by atoms with Crippen molar-refractivity contribution in [2.24, 2.45) is 0 Å². The molecule has 1 aliphatic rings. The normalized spacial score (nSPS) is 15.5. The van der Waals surface area contributed by atoms with Crippen LogP contribution in [0.3, 0.4) is 0 Å². The van der Waals surface area contributed by atoms with E-state index in [2.05, 4.69) is 15.9 Å². The standard InChI is InChI=1S/C25H17BrFNO3/c1-13-11-19-20(12-14(13)2)31-24-21(23(19)29)22(15-3-7-17(27)8-4-15)28(25(24)30)18-9-5-16(26)6-10-18/h3-12,22H,1-2H3. The second-order valence-electron chi connectivity index (χ2n) is 7.71. The Labute approximate surface area is 186 Å². The van der Waals surface area contributed by atoms with Crippen molar-refractivity contribution in [2.75, 3.05) is 4.90 Å². The average Bonchev–Trinajstić information content (AvgIpc) is 3.04. The third-order valence-electron chi connectivity index (χ3n) is 5.78. The summed E-state index contributed by atoms with van der Waals surface area (Å²) in [5.41, 5.74) is 3.59. The molecular formula is C25H17BrFNO3. The van der Waals surface area contributed by atoms with E-state index in [9.17, 15) is 14.0 Å². The lowest BCUT2D eigenvalue weighted by Gasteiger charge is -2.25. The summed E-state index contributed by atoms with van der Waals surface area (Å²) in [6, 6.07) is 16.0. The van der Waals surface area contributed by atoms with Gasteiger partial charge in [0.2, 0.25) is 5.76 Å². The van der Waals surface area contributed by atoms with E-state index < -0.39 is 11.9 Å². The number of hydrogen-bond acceptors (Lipinski definition) is 3. The van der Waals surface area contributed by atoms with E-state index in [1.165, 1.54) is 17.0 Å². The Kier molecular flexibility index (Phi) is 4.55. The maximum absolute atomic E-state index is 13.6. The van der Waals surface area contributed by atoms with Crippen LogP contribution in [-0.2, 0) is 0 Å². The summed E-state index contributed by atoms with van der Waals surface area (Å²) in [7, 11) is 0. The first kappa shape index (κ1) is 19.7. The van der Waals surface area contributed by atoms with Gasteiger partial charge in [0, 0.05) is 10.2 Å². The van der Waals surface area contributed by atoms with Crippen molar-refractivity contribution in [1.82, 2.24) is 0 Å². The largest absolute Gasteiger partial charge is 0.450 e. The van der Waals surface area contributed by atoms with E-state index in [0.717, 1.165) is 15.6 Å². The Morgan fingerprint density at radius 2 is 1.58 bits per heavy atom. The number of amides is 1. The van der Waals surface area contributed by atoms with Crippen molar-refractivity contribution in [3.8, 4) is 0 Å². The number of halogens is 2. The van der Waals surface area contributed by atoms with Gasteiger partial charge in [0.25, 0.3) is 5.91 Å². The zero-order chi connectivity index (χ0) is 21.9. The molecule has 3 aromatic carbocycles. The minimum Gasteiger partial charge on any atom is -0.450 e. The van der Waals surface area contributed by atoms with Gasteiger partial charge in [0.1, 0.15) is 11.4 Å². The van der Waals surface area contributed by atoms with E-state index >= 15 is 0 Å². The van der Waals surface area contributed by atoms with Crippen molar-refractivity contribution in [3.63, 3.8) is 0 Å². The Bertz CT molecular complexity index is 1410. The van der Waals surface area contributed by atoms with Crippen LogP contribution in [0.4, 0.5) is 10.1 Å². The van der Waals surface area contributed by atoms with Crippen molar-refractivity contribution < 1.29 is 13.6 Å². The number of fused-ring (bicyclic) bond motifs is 2. The number of aryl methyl sites for hydroxylation is 2. The van der Waals surface area contributed by atoms with Crippen LogP contribution >= 0.6 is 15.9 Å². The summed E-state index contributed by atoms with van der Waals surface area (Å²) in [4.78, 5) is 28.6. The number of carbonyl (C=O) groups excluding carboxylic acids is 1. The molecule has 4 nitrogen and oxygen atoms in total. The van der Waals surface area contributed by atoms with E-state index in [4.69, 9.17) is 4.42 Å². The summed E-state index contributed by atoms with van der Waals surface area (Å²) in [5, 5.41) is 0.430. The van der Waals surface area contributed by atoms with Crippen LogP contribution in [0.15, 0.2) is 74.3 Å². The number of hydrogen-bond donors (Lipinski definition) is 0. The smallest absolute Gasteiger partial charge is 0.295 e. The summed E-state index contributed by atoms with van der Waals surface area (Å²) in [5.74, 6) is -0.762. The Morgan fingerprint density at radius 3 is 2.26 bits per heavy atom. The number of anilines is 1.